The Morgan fingerprint density at radius 1 is 1.10 bits per heavy atom. The summed E-state index contributed by atoms with van der Waals surface area (Å²) in [7, 11) is 0. The molecule has 2 rings (SSSR count). The Balaban J connectivity index is 1.82. The van der Waals surface area contributed by atoms with Crippen molar-refractivity contribution in [1.29, 1.82) is 0 Å². The monoisotopic (exact) mass is 488 g/mol. The van der Waals surface area contributed by atoms with Crippen molar-refractivity contribution in [2.75, 3.05) is 25.2 Å². The topological polar surface area (TPSA) is 67.4 Å². The summed E-state index contributed by atoms with van der Waals surface area (Å²) in [5, 5.41) is 6.94. The third-order valence-corrected chi connectivity index (χ3v) is 5.63. The van der Waals surface area contributed by atoms with Crippen LogP contribution in [0.3, 0.4) is 0 Å². The van der Waals surface area contributed by atoms with Crippen molar-refractivity contribution in [2.45, 2.75) is 18.9 Å². The Labute approximate surface area is 195 Å². The van der Waals surface area contributed by atoms with Crippen molar-refractivity contribution in [3.8, 4) is 5.75 Å². The van der Waals surface area contributed by atoms with E-state index in [2.05, 4.69) is 10.6 Å². The molecular weight excluding hydrogens is 467 g/mol. The first-order valence-corrected chi connectivity index (χ1v) is 11.8. The van der Waals surface area contributed by atoms with Gasteiger partial charge in [-0.2, -0.15) is 11.8 Å². The van der Waals surface area contributed by atoms with E-state index in [-0.39, 0.29) is 11.8 Å². The zero-order valence-electron chi connectivity index (χ0n) is 16.4. The van der Waals surface area contributed by atoms with Gasteiger partial charge in [-0.3, -0.25) is 9.59 Å². The van der Waals surface area contributed by atoms with Crippen molar-refractivity contribution in [3.63, 3.8) is 0 Å². The summed E-state index contributed by atoms with van der Waals surface area (Å²) in [5.41, 5.74) is 0.342. The number of amides is 2. The highest BCUT2D eigenvalue weighted by Gasteiger charge is 2.21. The van der Waals surface area contributed by atoms with Gasteiger partial charge in [0.25, 0.3) is 5.91 Å². The molecule has 30 heavy (non-hydrogen) atoms. The van der Waals surface area contributed by atoms with Gasteiger partial charge in [-0.15, -0.1) is 0 Å². The van der Waals surface area contributed by atoms with Crippen LogP contribution >= 0.6 is 46.6 Å². The molecule has 2 amide bonds. The molecule has 0 radical (unpaired) electrons. The summed E-state index contributed by atoms with van der Waals surface area (Å²) in [5.74, 6) is 0.660. The van der Waals surface area contributed by atoms with E-state index >= 15 is 0 Å². The normalized spacial score (nSPS) is 11.6. The van der Waals surface area contributed by atoms with Crippen molar-refractivity contribution in [3.05, 3.63) is 63.1 Å². The Morgan fingerprint density at radius 2 is 1.87 bits per heavy atom. The molecule has 0 saturated heterocycles. The van der Waals surface area contributed by atoms with Crippen LogP contribution in [0.1, 0.15) is 23.2 Å². The van der Waals surface area contributed by atoms with Gasteiger partial charge in [0.05, 0.1) is 22.2 Å². The number of thioether (sulfide) groups is 1. The minimum absolute atomic E-state index is 0.242. The number of carbonyl (C=O) groups excluding carboxylic acids is 2. The van der Waals surface area contributed by atoms with Gasteiger partial charge >= 0.3 is 0 Å². The fourth-order valence-corrected chi connectivity index (χ4v) is 3.72. The fraction of sp³-hybridized carbons (Fsp3) is 0.333. The number of ether oxygens (including phenoxy) is 1. The fourth-order valence-electron chi connectivity index (χ4n) is 2.57. The van der Waals surface area contributed by atoms with Crippen LogP contribution in [0.4, 0.5) is 0 Å². The second kappa shape index (κ2) is 13.0. The molecule has 9 heteroatoms. The number of benzene rings is 2. The van der Waals surface area contributed by atoms with Gasteiger partial charge in [0.15, 0.2) is 0 Å². The minimum Gasteiger partial charge on any atom is -0.492 e. The summed E-state index contributed by atoms with van der Waals surface area (Å²) in [6.07, 6.45) is 3.04. The summed E-state index contributed by atoms with van der Waals surface area (Å²) in [4.78, 5) is 25.1. The largest absolute Gasteiger partial charge is 0.492 e. The van der Waals surface area contributed by atoms with Gasteiger partial charge < -0.3 is 15.4 Å². The zero-order valence-corrected chi connectivity index (χ0v) is 19.5. The van der Waals surface area contributed by atoms with E-state index in [1.807, 2.05) is 6.26 Å². The van der Waals surface area contributed by atoms with Crippen LogP contribution in [0.25, 0.3) is 0 Å². The number of hydrogen-bond acceptors (Lipinski definition) is 4. The van der Waals surface area contributed by atoms with Crippen molar-refractivity contribution >= 4 is 58.4 Å². The van der Waals surface area contributed by atoms with E-state index < -0.39 is 6.04 Å². The third-order valence-electron chi connectivity index (χ3n) is 4.12. The van der Waals surface area contributed by atoms with Crippen LogP contribution in [0.5, 0.6) is 5.75 Å². The molecule has 0 aliphatic rings. The number of rotatable bonds is 11. The number of nitrogens with one attached hydrogen (secondary N) is 2. The molecule has 162 valence electrons. The standard InChI is InChI=1S/C21H23Cl3N2O3S/c1-30-12-9-18(26-20(27)15-5-2-3-6-16(15)23)21(28)25-10-4-11-29-19-8-7-14(22)13-17(19)24/h2-3,5-8,13,18H,4,9-12H2,1H3,(H,25,28)(H,26,27). The van der Waals surface area contributed by atoms with Crippen LogP contribution in [-0.4, -0.2) is 43.0 Å². The summed E-state index contributed by atoms with van der Waals surface area (Å²) in [6, 6.07) is 11.1. The molecule has 2 N–H and O–H groups in total. The number of carbonyl (C=O) groups is 2. The first kappa shape index (κ1) is 24.7. The van der Waals surface area contributed by atoms with E-state index in [0.29, 0.717) is 52.4 Å². The van der Waals surface area contributed by atoms with Crippen molar-refractivity contribution in [1.82, 2.24) is 10.6 Å². The van der Waals surface area contributed by atoms with Crippen LogP contribution in [0.2, 0.25) is 15.1 Å². The Kier molecular flexibility index (Phi) is 10.6. The van der Waals surface area contributed by atoms with Crippen molar-refractivity contribution in [2.24, 2.45) is 0 Å². The molecule has 0 saturated carbocycles. The van der Waals surface area contributed by atoms with Crippen LogP contribution in [0, 0.1) is 0 Å². The molecule has 0 aliphatic heterocycles. The Morgan fingerprint density at radius 3 is 2.57 bits per heavy atom. The Hall–Kier alpha value is -1.60. The van der Waals surface area contributed by atoms with Gasteiger partial charge in [-0.1, -0.05) is 46.9 Å². The van der Waals surface area contributed by atoms with E-state index in [4.69, 9.17) is 39.5 Å². The lowest BCUT2D eigenvalue weighted by Gasteiger charge is -2.18. The molecule has 0 aliphatic carbocycles. The van der Waals surface area contributed by atoms with Gasteiger partial charge in [0.2, 0.25) is 5.91 Å². The zero-order chi connectivity index (χ0) is 21.9. The summed E-state index contributed by atoms with van der Waals surface area (Å²) in [6.45, 7) is 0.783. The second-order valence-electron chi connectivity index (χ2n) is 6.36. The van der Waals surface area contributed by atoms with Gasteiger partial charge in [0.1, 0.15) is 11.8 Å². The van der Waals surface area contributed by atoms with Crippen molar-refractivity contribution < 1.29 is 14.3 Å². The smallest absolute Gasteiger partial charge is 0.253 e. The van der Waals surface area contributed by atoms with E-state index in [1.165, 1.54) is 0 Å². The molecule has 0 fully saturated rings. The van der Waals surface area contributed by atoms with Crippen LogP contribution in [-0.2, 0) is 4.79 Å². The highest BCUT2D eigenvalue weighted by Crippen LogP contribution is 2.27. The lowest BCUT2D eigenvalue weighted by atomic mass is 10.1. The second-order valence-corrected chi connectivity index (χ2v) is 8.59. The molecule has 5 nitrogen and oxygen atoms in total. The lowest BCUT2D eigenvalue weighted by molar-refractivity contribution is -0.123. The summed E-state index contributed by atoms with van der Waals surface area (Å²) >= 11 is 19.6. The first-order chi connectivity index (χ1) is 14.4. The van der Waals surface area contributed by atoms with Crippen LogP contribution in [0.15, 0.2) is 42.5 Å². The molecular formula is C21H23Cl3N2O3S. The average Bonchev–Trinajstić information content (AvgIpc) is 2.72. The third kappa shape index (κ3) is 7.91. The maximum Gasteiger partial charge on any atom is 0.253 e. The first-order valence-electron chi connectivity index (χ1n) is 9.32. The molecule has 0 heterocycles. The number of halogens is 3. The molecule has 1 unspecified atom stereocenters. The number of hydrogen-bond donors (Lipinski definition) is 2. The van der Waals surface area contributed by atoms with Crippen LogP contribution < -0.4 is 15.4 Å². The molecule has 0 aromatic heterocycles. The van der Waals surface area contributed by atoms with E-state index in [9.17, 15) is 9.59 Å². The van der Waals surface area contributed by atoms with Gasteiger partial charge in [-0.05, 0) is 55.2 Å². The van der Waals surface area contributed by atoms with Gasteiger partial charge in [0, 0.05) is 11.6 Å². The quantitative estimate of drug-likeness (QED) is 0.432. The molecule has 2 aromatic rings. The molecule has 0 spiro atoms. The van der Waals surface area contributed by atoms with E-state index in [1.54, 1.807) is 54.2 Å². The lowest BCUT2D eigenvalue weighted by Crippen LogP contribution is -2.47. The minimum atomic E-state index is -0.646. The maximum atomic E-state index is 12.6. The molecule has 1 atom stereocenters. The molecule has 2 aromatic carbocycles. The molecule has 0 bridgehead atoms. The predicted molar refractivity (Wildman–Crippen MR) is 125 cm³/mol. The van der Waals surface area contributed by atoms with E-state index in [0.717, 1.165) is 5.75 Å². The highest BCUT2D eigenvalue weighted by atomic mass is 35.5. The predicted octanol–water partition coefficient (Wildman–Crippen LogP) is 5.08. The van der Waals surface area contributed by atoms with Gasteiger partial charge in [-0.25, -0.2) is 0 Å². The Bertz CT molecular complexity index is 867. The maximum absolute atomic E-state index is 12.6. The highest BCUT2D eigenvalue weighted by molar-refractivity contribution is 7.98. The summed E-state index contributed by atoms with van der Waals surface area (Å²) < 4.78 is 5.60. The average molecular weight is 490 g/mol. The SMILES string of the molecule is CSCCC(NC(=O)c1ccccc1Cl)C(=O)NCCCOc1ccc(Cl)cc1Cl.